The van der Waals surface area contributed by atoms with Crippen LogP contribution in [0.1, 0.15) is 22.3 Å². The van der Waals surface area contributed by atoms with Crippen LogP contribution in [-0.2, 0) is 0 Å². The first kappa shape index (κ1) is 29.0. The number of para-hydroxylation sites is 2. The van der Waals surface area contributed by atoms with Gasteiger partial charge in [0.2, 0.25) is 0 Å². The van der Waals surface area contributed by atoms with Crippen LogP contribution < -0.4 is 20.9 Å². The molecule has 4 N–H and O–H groups in total. The van der Waals surface area contributed by atoms with Crippen molar-refractivity contribution in [1.29, 1.82) is 0 Å². The van der Waals surface area contributed by atoms with Gasteiger partial charge in [0.1, 0.15) is 24.7 Å². The van der Waals surface area contributed by atoms with Gasteiger partial charge in [-0.1, -0.05) is 58.7 Å². The Morgan fingerprint density at radius 3 is 1.09 bits per heavy atom. The summed E-state index contributed by atoms with van der Waals surface area (Å²) in [7, 11) is 3.00. The minimum absolute atomic E-state index is 0. The maximum Gasteiger partial charge on any atom is 0.122 e. The number of nitrogens with two attached hydrogens (primary N) is 2. The van der Waals surface area contributed by atoms with Crippen LogP contribution in [0.3, 0.4) is 0 Å². The van der Waals surface area contributed by atoms with Gasteiger partial charge in [0, 0.05) is 0 Å². The lowest BCUT2D eigenvalue weighted by molar-refractivity contribution is 0.217. The Balaban J connectivity index is -0.000000240. The molecule has 4 nitrogen and oxygen atoms in total. The lowest BCUT2D eigenvalue weighted by Gasteiger charge is -2.07. The Bertz CT molecular complexity index is 367. The van der Waals surface area contributed by atoms with Gasteiger partial charge in [-0.2, -0.15) is 0 Å². The summed E-state index contributed by atoms with van der Waals surface area (Å²) in [4.78, 5) is 0. The number of hydrogen-bond donors (Lipinski definition) is 2. The van der Waals surface area contributed by atoms with Crippen molar-refractivity contribution in [2.45, 2.75) is 22.3 Å². The molecule has 134 valence electrons. The summed E-state index contributed by atoms with van der Waals surface area (Å²) in [6.07, 6.45) is 0. The normalized spacial score (nSPS) is 7.30. The van der Waals surface area contributed by atoms with Gasteiger partial charge >= 0.3 is 0 Å². The van der Waals surface area contributed by atoms with E-state index in [-0.39, 0.29) is 22.3 Å². The summed E-state index contributed by atoms with van der Waals surface area (Å²) in [6.45, 7) is 1.11. The first-order valence-electron chi connectivity index (χ1n) is 6.46. The molecular formula is C19H36N2O2. The lowest BCUT2D eigenvalue weighted by Crippen LogP contribution is -2.08. The highest BCUT2D eigenvalue weighted by Crippen LogP contribution is 2.10. The molecule has 0 saturated carbocycles. The highest BCUT2D eigenvalue weighted by Gasteiger charge is 1.93. The zero-order chi connectivity index (χ0) is 15.1. The van der Waals surface area contributed by atoms with Gasteiger partial charge in [0.05, 0.1) is 0 Å². The van der Waals surface area contributed by atoms with Crippen LogP contribution in [0.2, 0.25) is 0 Å². The van der Waals surface area contributed by atoms with E-state index < -0.39 is 0 Å². The smallest absolute Gasteiger partial charge is 0.122 e. The van der Waals surface area contributed by atoms with E-state index in [2.05, 4.69) is 11.5 Å². The van der Waals surface area contributed by atoms with Crippen molar-refractivity contribution in [3.8, 4) is 11.5 Å². The molecule has 0 aliphatic carbocycles. The quantitative estimate of drug-likeness (QED) is 0.809. The molecule has 0 aromatic heterocycles. The van der Waals surface area contributed by atoms with Crippen molar-refractivity contribution in [3.63, 3.8) is 0 Å². The summed E-state index contributed by atoms with van der Waals surface area (Å²) < 4.78 is 11.0. The summed E-state index contributed by atoms with van der Waals surface area (Å²) in [5, 5.41) is 0. The first-order chi connectivity index (χ1) is 9.95. The Kier molecular flexibility index (Phi) is 28.1. The molecule has 4 heteroatoms. The Morgan fingerprint density at radius 1 is 0.565 bits per heavy atom. The van der Waals surface area contributed by atoms with Gasteiger partial charge in [0.25, 0.3) is 0 Å². The summed E-state index contributed by atoms with van der Waals surface area (Å²) in [5.41, 5.74) is 9.00. The second-order valence-corrected chi connectivity index (χ2v) is 3.32. The van der Waals surface area contributed by atoms with E-state index in [9.17, 15) is 0 Å². The maximum atomic E-state index is 5.50. The monoisotopic (exact) mass is 324 g/mol. The predicted octanol–water partition coefficient (Wildman–Crippen LogP) is 4.20. The molecule has 0 heterocycles. The van der Waals surface area contributed by atoms with Crippen molar-refractivity contribution >= 4 is 0 Å². The van der Waals surface area contributed by atoms with E-state index in [0.717, 1.165) is 11.5 Å². The zero-order valence-corrected chi connectivity index (χ0v) is 12.2. The molecule has 0 aliphatic heterocycles. The van der Waals surface area contributed by atoms with Crippen molar-refractivity contribution in [2.75, 3.05) is 27.3 Å². The molecule has 0 spiro atoms. The van der Waals surface area contributed by atoms with Crippen LogP contribution in [0.5, 0.6) is 11.5 Å². The minimum Gasteiger partial charge on any atom is -0.490 e. The summed E-state index contributed by atoms with van der Waals surface area (Å²) in [6, 6.07) is 19.5. The van der Waals surface area contributed by atoms with Crippen molar-refractivity contribution in [3.05, 3.63) is 60.7 Å². The van der Waals surface area contributed by atoms with Crippen LogP contribution in [0.25, 0.3) is 0 Å². The van der Waals surface area contributed by atoms with Gasteiger partial charge in [-0.05, 0) is 38.4 Å². The van der Waals surface area contributed by atoms with E-state index in [4.69, 9.17) is 9.47 Å². The lowest BCUT2D eigenvalue weighted by atomic mass is 10.3. The number of rotatable bonds is 5. The number of ether oxygens (including phenoxy) is 2. The fourth-order valence-corrected chi connectivity index (χ4v) is 1.35. The highest BCUT2D eigenvalue weighted by atomic mass is 16.5. The molecule has 2 aromatic rings. The molecule has 0 saturated heterocycles. The highest BCUT2D eigenvalue weighted by molar-refractivity contribution is 5.22. The van der Waals surface area contributed by atoms with Gasteiger partial charge in [-0.3, -0.25) is 0 Å². The predicted molar refractivity (Wildman–Crippen MR) is 104 cm³/mol. The van der Waals surface area contributed by atoms with Crippen molar-refractivity contribution in [1.82, 2.24) is 0 Å². The first-order valence-corrected chi connectivity index (χ1v) is 6.46. The SMILES string of the molecule is C.C.C.CN.CN.c1ccc(OCCOc2ccccc2)cc1. The molecule has 0 bridgehead atoms. The van der Waals surface area contributed by atoms with Gasteiger partial charge in [-0.25, -0.2) is 0 Å². The molecule has 0 unspecified atom stereocenters. The molecule has 23 heavy (non-hydrogen) atoms. The second kappa shape index (κ2) is 22.2. The van der Waals surface area contributed by atoms with Gasteiger partial charge in [0.15, 0.2) is 0 Å². The van der Waals surface area contributed by atoms with E-state index in [1.54, 1.807) is 0 Å². The van der Waals surface area contributed by atoms with Crippen LogP contribution in [0, 0.1) is 0 Å². The van der Waals surface area contributed by atoms with E-state index in [1.807, 2.05) is 60.7 Å². The van der Waals surface area contributed by atoms with Gasteiger partial charge < -0.3 is 20.9 Å². The van der Waals surface area contributed by atoms with Crippen LogP contribution in [0.15, 0.2) is 60.7 Å². The Hall–Kier alpha value is -2.04. The molecule has 0 fully saturated rings. The third-order valence-corrected chi connectivity index (χ3v) is 2.11. The van der Waals surface area contributed by atoms with E-state index in [1.165, 1.54) is 14.1 Å². The van der Waals surface area contributed by atoms with Crippen molar-refractivity contribution < 1.29 is 9.47 Å². The Morgan fingerprint density at radius 2 is 0.826 bits per heavy atom. The largest absolute Gasteiger partial charge is 0.490 e. The number of hydrogen-bond acceptors (Lipinski definition) is 4. The van der Waals surface area contributed by atoms with Crippen LogP contribution in [0.4, 0.5) is 0 Å². The average molecular weight is 325 g/mol. The third-order valence-electron chi connectivity index (χ3n) is 2.11. The number of benzene rings is 2. The maximum absolute atomic E-state index is 5.50. The molecule has 0 radical (unpaired) electrons. The molecule has 0 amide bonds. The topological polar surface area (TPSA) is 70.5 Å². The standard InChI is InChI=1S/C14H14O2.2CH5N.3CH4/c1-3-7-13(8-4-1)15-11-12-16-14-9-5-2-6-10-14;2*1-2;;;/h1-10H,11-12H2;2*2H2,1H3;3*1H4. The summed E-state index contributed by atoms with van der Waals surface area (Å²) >= 11 is 0. The second-order valence-electron chi connectivity index (χ2n) is 3.32. The minimum atomic E-state index is 0. The van der Waals surface area contributed by atoms with Crippen LogP contribution >= 0.6 is 0 Å². The van der Waals surface area contributed by atoms with Gasteiger partial charge in [-0.15, -0.1) is 0 Å². The molecule has 0 atom stereocenters. The van der Waals surface area contributed by atoms with E-state index >= 15 is 0 Å². The molecule has 0 aliphatic rings. The molecule has 2 aromatic carbocycles. The fraction of sp³-hybridized carbons (Fsp3) is 0.368. The fourth-order valence-electron chi connectivity index (χ4n) is 1.35. The zero-order valence-electron chi connectivity index (χ0n) is 12.2. The third kappa shape index (κ3) is 14.7. The van der Waals surface area contributed by atoms with Crippen LogP contribution in [-0.4, -0.2) is 27.3 Å². The summed E-state index contributed by atoms with van der Waals surface area (Å²) in [5.74, 6) is 1.75. The van der Waals surface area contributed by atoms with Crippen molar-refractivity contribution in [2.24, 2.45) is 11.5 Å². The average Bonchev–Trinajstić information content (AvgIpc) is 2.57. The molecular weight excluding hydrogens is 288 g/mol. The Labute approximate surface area is 143 Å². The van der Waals surface area contributed by atoms with E-state index in [0.29, 0.717) is 13.2 Å². The molecule has 2 rings (SSSR count).